The van der Waals surface area contributed by atoms with Crippen LogP contribution >= 0.6 is 0 Å². The Labute approximate surface area is 197 Å². The monoisotopic (exact) mass is 498 g/mol. The van der Waals surface area contributed by atoms with E-state index in [0.717, 1.165) is 10.9 Å². The lowest BCUT2D eigenvalue weighted by Gasteiger charge is -2.27. The summed E-state index contributed by atoms with van der Waals surface area (Å²) < 4.78 is 50.8. The molecule has 0 aromatic heterocycles. The molecule has 176 valence electrons. The van der Waals surface area contributed by atoms with Crippen molar-refractivity contribution in [3.63, 3.8) is 0 Å². The number of nitrogens with zero attached hydrogens (tertiary/aromatic N) is 1. The van der Waals surface area contributed by atoms with Gasteiger partial charge in [0.25, 0.3) is 11.8 Å². The third-order valence-corrected chi connectivity index (χ3v) is 9.57. The second-order valence-electron chi connectivity index (χ2n) is 8.59. The fraction of sp³-hybridized carbons (Fsp3) is 0.250. The number of carbonyl (C=O) groups excluding carboxylic acids is 2. The molecule has 8 nitrogen and oxygen atoms in total. The van der Waals surface area contributed by atoms with Crippen molar-refractivity contribution in [3.8, 4) is 0 Å². The first-order chi connectivity index (χ1) is 16.1. The average Bonchev–Trinajstić information content (AvgIpc) is 3.15. The molecule has 10 heteroatoms. The molecule has 1 saturated heterocycles. The summed E-state index contributed by atoms with van der Waals surface area (Å²) in [5, 5.41) is 1.52. The topological polar surface area (TPSA) is 118 Å². The van der Waals surface area contributed by atoms with E-state index in [9.17, 15) is 26.4 Å². The molecule has 3 aromatic carbocycles. The smallest absolute Gasteiger partial charge is 0.261 e. The maximum atomic E-state index is 13.0. The van der Waals surface area contributed by atoms with Crippen LogP contribution in [0.25, 0.3) is 10.8 Å². The van der Waals surface area contributed by atoms with Crippen molar-refractivity contribution in [2.45, 2.75) is 23.8 Å². The van der Waals surface area contributed by atoms with Crippen molar-refractivity contribution in [1.82, 2.24) is 9.62 Å². The summed E-state index contributed by atoms with van der Waals surface area (Å²) in [5.41, 5.74) is 1.75. The highest BCUT2D eigenvalue weighted by atomic mass is 32.2. The number of rotatable bonds is 6. The number of hydrogen-bond acceptors (Lipinski definition) is 6. The van der Waals surface area contributed by atoms with Gasteiger partial charge in [0.1, 0.15) is 0 Å². The quantitative estimate of drug-likeness (QED) is 0.521. The van der Waals surface area contributed by atoms with E-state index in [0.29, 0.717) is 22.9 Å². The van der Waals surface area contributed by atoms with Gasteiger partial charge in [-0.3, -0.25) is 14.5 Å². The van der Waals surface area contributed by atoms with Gasteiger partial charge in [-0.15, -0.1) is 0 Å². The fourth-order valence-corrected chi connectivity index (χ4v) is 7.58. The summed E-state index contributed by atoms with van der Waals surface area (Å²) in [4.78, 5) is 27.3. The number of imide groups is 1. The van der Waals surface area contributed by atoms with E-state index in [2.05, 4.69) is 4.72 Å². The summed E-state index contributed by atoms with van der Waals surface area (Å²) in [6, 6.07) is 16.3. The van der Waals surface area contributed by atoms with Gasteiger partial charge in [-0.05, 0) is 48.1 Å². The first-order valence-electron chi connectivity index (χ1n) is 10.8. The number of sulfonamides is 1. The Hall–Kier alpha value is -3.08. The number of nitrogens with one attached hydrogen (secondary N) is 1. The molecule has 2 heterocycles. The van der Waals surface area contributed by atoms with Gasteiger partial charge < -0.3 is 0 Å². The molecule has 1 fully saturated rings. The minimum atomic E-state index is -3.85. The number of hydrogen-bond donors (Lipinski definition) is 1. The van der Waals surface area contributed by atoms with E-state index < -0.39 is 25.9 Å². The van der Waals surface area contributed by atoms with Crippen LogP contribution in [-0.4, -0.2) is 57.6 Å². The number of sulfone groups is 1. The van der Waals surface area contributed by atoms with E-state index in [4.69, 9.17) is 0 Å². The second-order valence-corrected chi connectivity index (χ2v) is 12.5. The summed E-state index contributed by atoms with van der Waals surface area (Å²) in [5.74, 6) is -0.904. The number of carbonyl (C=O) groups is 2. The normalized spacial score (nSPS) is 19.6. The van der Waals surface area contributed by atoms with Gasteiger partial charge in [0.15, 0.2) is 9.84 Å². The Bertz CT molecular complexity index is 1480. The predicted molar refractivity (Wildman–Crippen MR) is 127 cm³/mol. The molecule has 0 unspecified atom stereocenters. The first kappa shape index (κ1) is 22.7. The molecule has 2 amide bonds. The van der Waals surface area contributed by atoms with Gasteiger partial charge in [0, 0.05) is 29.1 Å². The van der Waals surface area contributed by atoms with Crippen LogP contribution in [0.5, 0.6) is 0 Å². The highest BCUT2D eigenvalue weighted by molar-refractivity contribution is 7.92. The second kappa shape index (κ2) is 8.30. The molecule has 2 aliphatic heterocycles. The highest BCUT2D eigenvalue weighted by Gasteiger charge is 2.33. The molecule has 0 saturated carbocycles. The van der Waals surface area contributed by atoms with Crippen molar-refractivity contribution in [3.05, 3.63) is 77.4 Å². The molecule has 5 rings (SSSR count). The van der Waals surface area contributed by atoms with Crippen LogP contribution in [-0.2, 0) is 26.3 Å². The zero-order valence-corrected chi connectivity index (χ0v) is 19.7. The zero-order chi connectivity index (χ0) is 24.1. The molecule has 0 aliphatic carbocycles. The maximum absolute atomic E-state index is 13.0. The van der Waals surface area contributed by atoms with Crippen molar-refractivity contribution in [1.29, 1.82) is 0 Å². The first-order valence-corrected chi connectivity index (χ1v) is 14.1. The van der Waals surface area contributed by atoms with Gasteiger partial charge >= 0.3 is 0 Å². The average molecular weight is 499 g/mol. The van der Waals surface area contributed by atoms with Gasteiger partial charge in [-0.1, -0.05) is 36.4 Å². The third kappa shape index (κ3) is 4.13. The van der Waals surface area contributed by atoms with Crippen LogP contribution in [0.15, 0.2) is 65.6 Å². The van der Waals surface area contributed by atoms with Crippen molar-refractivity contribution < 1.29 is 26.4 Å². The summed E-state index contributed by atoms with van der Waals surface area (Å²) in [6.07, 6.45) is 0.624. The zero-order valence-electron chi connectivity index (χ0n) is 18.1. The molecular weight excluding hydrogens is 476 g/mol. The molecule has 0 radical (unpaired) electrons. The highest BCUT2D eigenvalue weighted by Crippen LogP contribution is 2.30. The summed E-state index contributed by atoms with van der Waals surface area (Å²) in [7, 11) is -7.05. The molecular formula is C24H22N2O6S2. The van der Waals surface area contributed by atoms with Crippen LogP contribution in [0, 0.1) is 0 Å². The SMILES string of the molecule is O=C1c2cccc3cccc(c23)C(=O)N1CCc1ccc(S(=O)(=O)N[C@H]2CCS(=O)(=O)C2)cc1. The van der Waals surface area contributed by atoms with Crippen molar-refractivity contribution in [2.24, 2.45) is 0 Å². The Kier molecular flexibility index (Phi) is 5.54. The minimum absolute atomic E-state index is 0.0218. The molecule has 0 bridgehead atoms. The molecule has 1 N–H and O–H groups in total. The van der Waals surface area contributed by atoms with Crippen LogP contribution in [0.1, 0.15) is 32.7 Å². The molecule has 3 aromatic rings. The summed E-state index contributed by atoms with van der Waals surface area (Å²) >= 11 is 0. The minimum Gasteiger partial charge on any atom is -0.274 e. The molecule has 34 heavy (non-hydrogen) atoms. The van der Waals surface area contributed by atoms with Crippen molar-refractivity contribution >= 4 is 42.4 Å². The maximum Gasteiger partial charge on any atom is 0.261 e. The van der Waals surface area contributed by atoms with Crippen LogP contribution in [0.4, 0.5) is 0 Å². The largest absolute Gasteiger partial charge is 0.274 e. The number of amides is 2. The third-order valence-electron chi connectivity index (χ3n) is 6.27. The van der Waals surface area contributed by atoms with E-state index in [1.807, 2.05) is 12.1 Å². The van der Waals surface area contributed by atoms with Gasteiger partial charge in [0.05, 0.1) is 16.4 Å². The molecule has 0 spiro atoms. The van der Waals surface area contributed by atoms with Crippen molar-refractivity contribution in [2.75, 3.05) is 18.1 Å². The Morgan fingerprint density at radius 3 is 2.09 bits per heavy atom. The predicted octanol–water partition coefficient (Wildman–Crippen LogP) is 2.14. The lowest BCUT2D eigenvalue weighted by atomic mass is 9.94. The Morgan fingerprint density at radius 2 is 1.53 bits per heavy atom. The van der Waals surface area contributed by atoms with Crippen LogP contribution in [0.2, 0.25) is 0 Å². The van der Waals surface area contributed by atoms with E-state index in [1.54, 1.807) is 36.4 Å². The van der Waals surface area contributed by atoms with E-state index in [-0.39, 0.29) is 41.2 Å². The molecule has 2 aliphatic rings. The lowest BCUT2D eigenvalue weighted by molar-refractivity contribution is 0.0612. The fourth-order valence-electron chi connectivity index (χ4n) is 4.54. The molecule has 1 atom stereocenters. The lowest BCUT2D eigenvalue weighted by Crippen LogP contribution is -2.41. The summed E-state index contributed by atoms with van der Waals surface area (Å²) in [6.45, 7) is 0.159. The van der Waals surface area contributed by atoms with Gasteiger partial charge in [-0.25, -0.2) is 21.6 Å². The van der Waals surface area contributed by atoms with E-state index >= 15 is 0 Å². The Morgan fingerprint density at radius 1 is 0.912 bits per heavy atom. The van der Waals surface area contributed by atoms with E-state index in [1.165, 1.54) is 17.0 Å². The Balaban J connectivity index is 1.29. The van der Waals surface area contributed by atoms with Gasteiger partial charge in [-0.2, -0.15) is 0 Å². The standard InChI is InChI=1S/C24H22N2O6S2/c27-23-20-5-1-3-17-4-2-6-21(22(17)20)24(28)26(23)13-11-16-7-9-19(10-8-16)34(31,32)25-18-12-14-33(29,30)15-18/h1-10,18,25H,11-15H2/t18-/m0/s1. The number of benzene rings is 3. The van der Waals surface area contributed by atoms with Crippen LogP contribution in [0.3, 0.4) is 0 Å². The van der Waals surface area contributed by atoms with Crippen LogP contribution < -0.4 is 4.72 Å². The van der Waals surface area contributed by atoms with Gasteiger partial charge in [0.2, 0.25) is 10.0 Å².